The second kappa shape index (κ2) is 6.10. The van der Waals surface area contributed by atoms with Crippen molar-refractivity contribution in [2.45, 2.75) is 53.3 Å². The number of rotatable bonds is 5. The summed E-state index contributed by atoms with van der Waals surface area (Å²) in [5.41, 5.74) is 3.77. The standard InChI is InChI=1S/C14H21BrN4O/c1-5-18-11(7-9(3)16-18)13(20)8-12-14(15)10(4)17-19(12)6-2/h7,13,20H,5-6,8H2,1-4H3. The Morgan fingerprint density at radius 3 is 2.45 bits per heavy atom. The van der Waals surface area contributed by atoms with Gasteiger partial charge >= 0.3 is 0 Å². The van der Waals surface area contributed by atoms with Crippen LogP contribution in [0.3, 0.4) is 0 Å². The van der Waals surface area contributed by atoms with E-state index >= 15 is 0 Å². The van der Waals surface area contributed by atoms with E-state index in [2.05, 4.69) is 33.1 Å². The van der Waals surface area contributed by atoms with Gasteiger partial charge in [0.05, 0.1) is 27.2 Å². The topological polar surface area (TPSA) is 55.9 Å². The third kappa shape index (κ3) is 2.81. The Kier molecular flexibility index (Phi) is 4.65. The fourth-order valence-corrected chi connectivity index (χ4v) is 2.88. The molecule has 2 heterocycles. The van der Waals surface area contributed by atoms with E-state index in [-0.39, 0.29) is 0 Å². The van der Waals surface area contributed by atoms with E-state index in [0.717, 1.165) is 40.3 Å². The monoisotopic (exact) mass is 340 g/mol. The number of hydrogen-bond donors (Lipinski definition) is 1. The second-order valence-electron chi connectivity index (χ2n) is 4.91. The van der Waals surface area contributed by atoms with Gasteiger partial charge in [0, 0.05) is 19.5 Å². The molecule has 2 rings (SSSR count). The number of aryl methyl sites for hydroxylation is 4. The SMILES string of the molecule is CCn1nc(C)cc1C(O)Cc1c(Br)c(C)nn1CC. The van der Waals surface area contributed by atoms with Crippen LogP contribution in [0.5, 0.6) is 0 Å². The van der Waals surface area contributed by atoms with E-state index < -0.39 is 6.10 Å². The number of aliphatic hydroxyl groups excluding tert-OH is 1. The molecule has 0 aliphatic rings. The van der Waals surface area contributed by atoms with E-state index in [0.29, 0.717) is 6.42 Å². The zero-order valence-corrected chi connectivity index (χ0v) is 14.0. The Labute approximate surface area is 127 Å². The highest BCUT2D eigenvalue weighted by Gasteiger charge is 2.20. The molecule has 2 aromatic heterocycles. The summed E-state index contributed by atoms with van der Waals surface area (Å²) in [6, 6.07) is 1.95. The lowest BCUT2D eigenvalue weighted by Gasteiger charge is -2.13. The van der Waals surface area contributed by atoms with E-state index in [1.165, 1.54) is 0 Å². The highest BCUT2D eigenvalue weighted by molar-refractivity contribution is 9.10. The molecule has 1 unspecified atom stereocenters. The minimum atomic E-state index is -0.575. The van der Waals surface area contributed by atoms with Crippen LogP contribution in [0.4, 0.5) is 0 Å². The quantitative estimate of drug-likeness (QED) is 0.910. The van der Waals surface area contributed by atoms with Crippen LogP contribution in [0, 0.1) is 13.8 Å². The Morgan fingerprint density at radius 2 is 1.85 bits per heavy atom. The van der Waals surface area contributed by atoms with E-state index in [4.69, 9.17) is 0 Å². The van der Waals surface area contributed by atoms with Gasteiger partial charge in [-0.25, -0.2) is 0 Å². The van der Waals surface area contributed by atoms with E-state index in [1.54, 1.807) is 0 Å². The maximum absolute atomic E-state index is 10.5. The molecule has 5 nitrogen and oxygen atoms in total. The summed E-state index contributed by atoms with van der Waals surface area (Å²) in [4.78, 5) is 0. The fraction of sp³-hybridized carbons (Fsp3) is 0.571. The van der Waals surface area contributed by atoms with Crippen molar-refractivity contribution in [2.75, 3.05) is 0 Å². The molecule has 6 heteroatoms. The van der Waals surface area contributed by atoms with Crippen molar-refractivity contribution in [3.63, 3.8) is 0 Å². The molecule has 0 saturated carbocycles. The van der Waals surface area contributed by atoms with Gasteiger partial charge in [-0.2, -0.15) is 10.2 Å². The summed E-state index contributed by atoms with van der Waals surface area (Å²) in [5.74, 6) is 0. The van der Waals surface area contributed by atoms with Gasteiger partial charge in [-0.05, 0) is 49.7 Å². The maximum Gasteiger partial charge on any atom is 0.101 e. The highest BCUT2D eigenvalue weighted by Crippen LogP contribution is 2.27. The maximum atomic E-state index is 10.5. The third-order valence-corrected chi connectivity index (χ3v) is 4.45. The molecule has 0 aliphatic carbocycles. The van der Waals surface area contributed by atoms with Crippen LogP contribution < -0.4 is 0 Å². The molecule has 0 radical (unpaired) electrons. The van der Waals surface area contributed by atoms with Crippen molar-refractivity contribution >= 4 is 15.9 Å². The predicted molar refractivity (Wildman–Crippen MR) is 81.6 cm³/mol. The summed E-state index contributed by atoms with van der Waals surface area (Å²) in [5, 5.41) is 19.4. The van der Waals surface area contributed by atoms with Crippen LogP contribution in [0.15, 0.2) is 10.5 Å². The molecule has 0 saturated heterocycles. The molecule has 0 bridgehead atoms. The lowest BCUT2D eigenvalue weighted by molar-refractivity contribution is 0.164. The fourth-order valence-electron chi connectivity index (χ4n) is 2.44. The van der Waals surface area contributed by atoms with Gasteiger partial charge in [0.2, 0.25) is 0 Å². The van der Waals surface area contributed by atoms with Crippen LogP contribution in [-0.2, 0) is 19.5 Å². The molecule has 0 spiro atoms. The number of halogens is 1. The number of nitrogens with zero attached hydrogens (tertiary/aromatic N) is 4. The summed E-state index contributed by atoms with van der Waals surface area (Å²) >= 11 is 3.57. The molecule has 2 aromatic rings. The zero-order chi connectivity index (χ0) is 14.9. The van der Waals surface area contributed by atoms with Crippen molar-refractivity contribution < 1.29 is 5.11 Å². The van der Waals surface area contributed by atoms with Crippen molar-refractivity contribution in [2.24, 2.45) is 0 Å². The Balaban J connectivity index is 2.29. The summed E-state index contributed by atoms with van der Waals surface area (Å²) in [6.45, 7) is 9.54. The van der Waals surface area contributed by atoms with Crippen molar-refractivity contribution in [1.29, 1.82) is 0 Å². The molecule has 1 atom stereocenters. The van der Waals surface area contributed by atoms with Crippen LogP contribution >= 0.6 is 15.9 Å². The Hall–Kier alpha value is -1.14. The minimum Gasteiger partial charge on any atom is -0.386 e. The predicted octanol–water partition coefficient (Wildman–Crippen LogP) is 2.77. The molecule has 0 fully saturated rings. The van der Waals surface area contributed by atoms with Crippen molar-refractivity contribution in [3.8, 4) is 0 Å². The normalized spacial score (nSPS) is 12.9. The van der Waals surface area contributed by atoms with Gasteiger partial charge in [0.15, 0.2) is 0 Å². The summed E-state index contributed by atoms with van der Waals surface area (Å²) in [7, 11) is 0. The summed E-state index contributed by atoms with van der Waals surface area (Å²) < 4.78 is 4.77. The molecule has 0 aliphatic heterocycles. The van der Waals surface area contributed by atoms with E-state index in [1.807, 2.05) is 36.2 Å². The summed E-state index contributed by atoms with van der Waals surface area (Å²) in [6.07, 6.45) is -0.0470. The van der Waals surface area contributed by atoms with Gasteiger partial charge in [-0.3, -0.25) is 9.36 Å². The van der Waals surface area contributed by atoms with Gasteiger partial charge in [0.1, 0.15) is 6.10 Å². The van der Waals surface area contributed by atoms with Crippen LogP contribution in [0.25, 0.3) is 0 Å². The van der Waals surface area contributed by atoms with Crippen molar-refractivity contribution in [1.82, 2.24) is 19.6 Å². The Bertz CT molecular complexity index is 603. The molecule has 0 amide bonds. The Morgan fingerprint density at radius 1 is 1.20 bits per heavy atom. The molecular weight excluding hydrogens is 320 g/mol. The van der Waals surface area contributed by atoms with Crippen LogP contribution in [0.1, 0.15) is 42.7 Å². The zero-order valence-electron chi connectivity index (χ0n) is 12.4. The van der Waals surface area contributed by atoms with E-state index in [9.17, 15) is 5.11 Å². The average Bonchev–Trinajstić information content (AvgIpc) is 2.93. The average molecular weight is 341 g/mol. The molecule has 1 N–H and O–H groups in total. The first kappa shape index (κ1) is 15.3. The van der Waals surface area contributed by atoms with Gasteiger partial charge in [0.25, 0.3) is 0 Å². The first-order chi connectivity index (χ1) is 9.47. The largest absolute Gasteiger partial charge is 0.386 e. The highest BCUT2D eigenvalue weighted by atomic mass is 79.9. The smallest absolute Gasteiger partial charge is 0.101 e. The van der Waals surface area contributed by atoms with Gasteiger partial charge < -0.3 is 5.11 Å². The molecular formula is C14H21BrN4O. The second-order valence-corrected chi connectivity index (χ2v) is 5.70. The lowest BCUT2D eigenvalue weighted by atomic mass is 10.1. The molecule has 110 valence electrons. The first-order valence-corrected chi connectivity index (χ1v) is 7.71. The van der Waals surface area contributed by atoms with Crippen LogP contribution in [0.2, 0.25) is 0 Å². The van der Waals surface area contributed by atoms with Gasteiger partial charge in [-0.1, -0.05) is 0 Å². The molecule has 0 aromatic carbocycles. The van der Waals surface area contributed by atoms with Crippen LogP contribution in [-0.4, -0.2) is 24.7 Å². The molecule has 20 heavy (non-hydrogen) atoms. The number of hydrogen-bond acceptors (Lipinski definition) is 3. The van der Waals surface area contributed by atoms with Crippen molar-refractivity contribution in [3.05, 3.63) is 33.3 Å². The minimum absolute atomic E-state index is 0.528. The number of aliphatic hydroxyl groups is 1. The first-order valence-electron chi connectivity index (χ1n) is 6.92. The third-order valence-electron chi connectivity index (χ3n) is 3.41. The number of aromatic nitrogens is 4. The lowest BCUT2D eigenvalue weighted by Crippen LogP contribution is -2.13. The van der Waals surface area contributed by atoms with Gasteiger partial charge in [-0.15, -0.1) is 0 Å².